The third-order valence-corrected chi connectivity index (χ3v) is 3.46. The van der Waals surface area contributed by atoms with E-state index in [0.29, 0.717) is 16.2 Å². The molecule has 0 aliphatic carbocycles. The molecule has 2 aromatic heterocycles. The summed E-state index contributed by atoms with van der Waals surface area (Å²) in [5, 5.41) is 0. The first kappa shape index (κ1) is 19.4. The second kappa shape index (κ2) is 7.56. The van der Waals surface area contributed by atoms with Crippen molar-refractivity contribution < 1.29 is 27.4 Å². The van der Waals surface area contributed by atoms with Crippen molar-refractivity contribution in [3.63, 3.8) is 0 Å². The molecule has 2 aromatic rings. The maximum Gasteiger partial charge on any atom is 0.432 e. The number of carbonyl (C=O) groups excluding carboxylic acids is 1. The molecule has 140 valence electrons. The summed E-state index contributed by atoms with van der Waals surface area (Å²) < 4.78 is 51.0. The van der Waals surface area contributed by atoms with Crippen LogP contribution in [-0.4, -0.2) is 28.9 Å². The third kappa shape index (κ3) is 3.85. The van der Waals surface area contributed by atoms with Crippen LogP contribution in [0.4, 0.5) is 13.2 Å². The van der Waals surface area contributed by atoms with Crippen molar-refractivity contribution in [1.82, 2.24) is 9.55 Å². The van der Waals surface area contributed by atoms with E-state index in [9.17, 15) is 22.8 Å². The van der Waals surface area contributed by atoms with Crippen molar-refractivity contribution in [3.05, 3.63) is 51.7 Å². The molecule has 0 bridgehead atoms. The van der Waals surface area contributed by atoms with Crippen molar-refractivity contribution in [1.29, 1.82) is 0 Å². The number of nitrogens with zero attached hydrogens (tertiary/aromatic N) is 2. The number of aryl methyl sites for hydroxylation is 1. The average Bonchev–Trinajstić information content (AvgIpc) is 2.54. The van der Waals surface area contributed by atoms with Crippen molar-refractivity contribution in [3.8, 4) is 11.4 Å². The first-order valence-corrected chi connectivity index (χ1v) is 7.47. The molecule has 10 heteroatoms. The number of hydrogen-bond donors (Lipinski definition) is 1. The van der Waals surface area contributed by atoms with Crippen LogP contribution in [0.25, 0.3) is 5.69 Å². The Morgan fingerprint density at radius 1 is 1.38 bits per heavy atom. The highest BCUT2D eigenvalue weighted by molar-refractivity contribution is 5.95. The Bertz CT molecular complexity index is 878. The van der Waals surface area contributed by atoms with E-state index < -0.39 is 41.4 Å². The van der Waals surface area contributed by atoms with E-state index in [2.05, 4.69) is 4.98 Å². The first-order chi connectivity index (χ1) is 12.2. The molecule has 0 aliphatic heterocycles. The van der Waals surface area contributed by atoms with Gasteiger partial charge in [-0.25, -0.2) is 0 Å². The highest BCUT2D eigenvalue weighted by atomic mass is 19.4. The summed E-state index contributed by atoms with van der Waals surface area (Å²) in [6.45, 7) is 2.93. The maximum atomic E-state index is 13.6. The summed E-state index contributed by atoms with van der Waals surface area (Å²) in [7, 11) is 0. The highest BCUT2D eigenvalue weighted by Gasteiger charge is 2.38. The Kier molecular flexibility index (Phi) is 5.66. The Morgan fingerprint density at radius 3 is 2.62 bits per heavy atom. The molecule has 0 fully saturated rings. The summed E-state index contributed by atoms with van der Waals surface area (Å²) in [5.74, 6) is -1.81. The molecule has 2 heterocycles. The van der Waals surface area contributed by atoms with Gasteiger partial charge in [-0.05, 0) is 25.5 Å². The average molecular weight is 371 g/mol. The number of ether oxygens (including phenoxy) is 2. The van der Waals surface area contributed by atoms with Gasteiger partial charge in [0, 0.05) is 18.9 Å². The number of carbonyl (C=O) groups is 1. The molecule has 1 amide bonds. The van der Waals surface area contributed by atoms with Gasteiger partial charge < -0.3 is 15.2 Å². The van der Waals surface area contributed by atoms with Gasteiger partial charge in [0.1, 0.15) is 17.0 Å². The van der Waals surface area contributed by atoms with Crippen LogP contribution >= 0.6 is 0 Å². The second-order valence-corrected chi connectivity index (χ2v) is 5.19. The van der Waals surface area contributed by atoms with Gasteiger partial charge in [-0.3, -0.25) is 19.1 Å². The molecule has 0 radical (unpaired) electrons. The Morgan fingerprint density at radius 2 is 2.08 bits per heavy atom. The molecule has 2 rings (SSSR count). The van der Waals surface area contributed by atoms with Crippen LogP contribution < -0.4 is 16.0 Å². The largest absolute Gasteiger partial charge is 0.466 e. The SMILES string of the molecule is CCOCOc1cc(C(F)(F)F)n(-c2cnccc2C)c(=O)c1C(N)=O. The quantitative estimate of drug-likeness (QED) is 0.619. The lowest BCUT2D eigenvalue weighted by molar-refractivity contribution is -0.143. The molecule has 0 atom stereocenters. The van der Waals surface area contributed by atoms with Gasteiger partial charge in [-0.2, -0.15) is 13.2 Å². The summed E-state index contributed by atoms with van der Waals surface area (Å²) >= 11 is 0. The zero-order valence-corrected chi connectivity index (χ0v) is 14.0. The topological polar surface area (TPSA) is 96.4 Å². The van der Waals surface area contributed by atoms with E-state index >= 15 is 0 Å². The summed E-state index contributed by atoms with van der Waals surface area (Å²) in [6.07, 6.45) is -2.44. The number of aromatic nitrogens is 2. The molecule has 0 spiro atoms. The number of rotatable bonds is 6. The Hall–Kier alpha value is -2.88. The lowest BCUT2D eigenvalue weighted by Gasteiger charge is -2.19. The van der Waals surface area contributed by atoms with Crippen LogP contribution in [0, 0.1) is 6.92 Å². The van der Waals surface area contributed by atoms with E-state index in [1.54, 1.807) is 6.92 Å². The monoisotopic (exact) mass is 371 g/mol. The van der Waals surface area contributed by atoms with Gasteiger partial charge in [0.2, 0.25) is 0 Å². The minimum absolute atomic E-state index is 0.122. The van der Waals surface area contributed by atoms with E-state index in [-0.39, 0.29) is 12.3 Å². The zero-order valence-electron chi connectivity index (χ0n) is 14.0. The lowest BCUT2D eigenvalue weighted by atomic mass is 10.1. The van der Waals surface area contributed by atoms with Crippen molar-refractivity contribution >= 4 is 5.91 Å². The van der Waals surface area contributed by atoms with Crippen LogP contribution in [0.2, 0.25) is 0 Å². The van der Waals surface area contributed by atoms with Crippen LogP contribution in [-0.2, 0) is 10.9 Å². The molecule has 0 aromatic carbocycles. The van der Waals surface area contributed by atoms with Crippen molar-refractivity contribution in [2.45, 2.75) is 20.0 Å². The van der Waals surface area contributed by atoms with Gasteiger partial charge >= 0.3 is 6.18 Å². The lowest BCUT2D eigenvalue weighted by Crippen LogP contribution is -2.34. The highest BCUT2D eigenvalue weighted by Crippen LogP contribution is 2.33. The predicted molar refractivity (Wildman–Crippen MR) is 85.2 cm³/mol. The van der Waals surface area contributed by atoms with E-state index in [1.165, 1.54) is 19.2 Å². The molecular weight excluding hydrogens is 355 g/mol. The Balaban J connectivity index is 2.82. The van der Waals surface area contributed by atoms with Gasteiger partial charge in [-0.15, -0.1) is 0 Å². The standard InChI is InChI=1S/C16H16F3N3O4/c1-3-25-8-26-11-6-12(16(17,18)19)22(15(24)13(11)14(20)23)10-7-21-5-4-9(10)2/h4-7H,3,8H2,1-2H3,(H2,20,23). The summed E-state index contributed by atoms with van der Waals surface area (Å²) in [4.78, 5) is 28.1. The van der Waals surface area contributed by atoms with Crippen LogP contribution in [0.5, 0.6) is 5.75 Å². The molecule has 0 aliphatic rings. The number of nitrogens with two attached hydrogens (primary N) is 1. The molecule has 2 N–H and O–H groups in total. The predicted octanol–water partition coefficient (Wildman–Crippen LogP) is 2.03. The molecule has 0 unspecified atom stereocenters. The van der Waals surface area contributed by atoms with Gasteiger partial charge in [-0.1, -0.05) is 0 Å². The molecule has 7 nitrogen and oxygen atoms in total. The molecule has 0 saturated heterocycles. The van der Waals surface area contributed by atoms with Gasteiger partial charge in [0.05, 0.1) is 11.9 Å². The summed E-state index contributed by atoms with van der Waals surface area (Å²) in [5.41, 5.74) is 2.14. The Labute approximate surface area is 146 Å². The normalized spacial score (nSPS) is 11.4. The minimum atomic E-state index is -4.90. The van der Waals surface area contributed by atoms with Crippen LogP contribution in [0.3, 0.4) is 0 Å². The van der Waals surface area contributed by atoms with E-state index in [1.807, 2.05) is 0 Å². The van der Waals surface area contributed by atoms with E-state index in [0.717, 1.165) is 6.20 Å². The molecule has 26 heavy (non-hydrogen) atoms. The maximum absolute atomic E-state index is 13.6. The third-order valence-electron chi connectivity index (χ3n) is 3.46. The number of pyridine rings is 2. The first-order valence-electron chi connectivity index (χ1n) is 7.47. The minimum Gasteiger partial charge on any atom is -0.466 e. The number of primary amides is 1. The number of amides is 1. The number of halogens is 3. The number of hydrogen-bond acceptors (Lipinski definition) is 5. The zero-order chi connectivity index (χ0) is 19.5. The van der Waals surface area contributed by atoms with Gasteiger partial charge in [0.15, 0.2) is 6.79 Å². The van der Waals surface area contributed by atoms with Crippen molar-refractivity contribution in [2.75, 3.05) is 13.4 Å². The second-order valence-electron chi connectivity index (χ2n) is 5.19. The van der Waals surface area contributed by atoms with Crippen LogP contribution in [0.15, 0.2) is 29.3 Å². The van der Waals surface area contributed by atoms with Gasteiger partial charge in [0.25, 0.3) is 11.5 Å². The number of alkyl halides is 3. The fourth-order valence-corrected chi connectivity index (χ4v) is 2.25. The van der Waals surface area contributed by atoms with E-state index in [4.69, 9.17) is 15.2 Å². The fraction of sp³-hybridized carbons (Fsp3) is 0.312. The molecular formula is C16H16F3N3O4. The summed E-state index contributed by atoms with van der Waals surface area (Å²) in [6, 6.07) is 1.98. The fourth-order valence-electron chi connectivity index (χ4n) is 2.25. The van der Waals surface area contributed by atoms with Crippen LogP contribution in [0.1, 0.15) is 28.5 Å². The smallest absolute Gasteiger partial charge is 0.432 e. The molecule has 0 saturated carbocycles. The van der Waals surface area contributed by atoms with Crippen molar-refractivity contribution in [2.24, 2.45) is 5.73 Å².